The zero-order chi connectivity index (χ0) is 13.4. The zero-order valence-corrected chi connectivity index (χ0v) is 10.8. The zero-order valence-electron chi connectivity index (χ0n) is 10.8. The van der Waals surface area contributed by atoms with Gasteiger partial charge in [-0.05, 0) is 32.8 Å². The van der Waals surface area contributed by atoms with Crippen LogP contribution in [0, 0.1) is 0 Å². The van der Waals surface area contributed by atoms with Crippen LogP contribution in [0.25, 0.3) is 0 Å². The lowest BCUT2D eigenvalue weighted by Gasteiger charge is -2.09. The van der Waals surface area contributed by atoms with Crippen molar-refractivity contribution >= 4 is 11.7 Å². The van der Waals surface area contributed by atoms with Crippen LogP contribution in [0.5, 0.6) is 0 Å². The lowest BCUT2D eigenvalue weighted by Crippen LogP contribution is -2.09. The predicted molar refractivity (Wildman–Crippen MR) is 70.0 cm³/mol. The van der Waals surface area contributed by atoms with E-state index in [0.29, 0.717) is 12.2 Å². The summed E-state index contributed by atoms with van der Waals surface area (Å²) in [5.74, 6) is -0.942. The van der Waals surface area contributed by atoms with Crippen molar-refractivity contribution in [3.63, 3.8) is 0 Å². The molecule has 0 spiro atoms. The van der Waals surface area contributed by atoms with Crippen molar-refractivity contribution < 1.29 is 14.6 Å². The number of hydrogen-bond donors (Lipinski definition) is 2. The van der Waals surface area contributed by atoms with Crippen LogP contribution in [-0.2, 0) is 4.74 Å². The fourth-order valence-corrected chi connectivity index (χ4v) is 1.49. The number of carboxylic acid groups (broad SMARTS) is 1. The highest BCUT2D eigenvalue weighted by atomic mass is 16.5. The molecule has 0 amide bonds. The molecular weight excluding hydrogens is 232 g/mol. The average Bonchev–Trinajstić information content (AvgIpc) is 2.33. The summed E-state index contributed by atoms with van der Waals surface area (Å²) in [5.41, 5.74) is 0.818. The molecule has 0 aliphatic heterocycles. The third-order valence-corrected chi connectivity index (χ3v) is 2.39. The summed E-state index contributed by atoms with van der Waals surface area (Å²) < 4.78 is 5.42. The molecule has 0 atom stereocenters. The van der Waals surface area contributed by atoms with Gasteiger partial charge in [0.05, 0.1) is 23.6 Å². The number of carbonyl (C=O) groups is 1. The van der Waals surface area contributed by atoms with E-state index in [1.165, 1.54) is 18.5 Å². The number of rotatable bonds is 8. The Morgan fingerprint density at radius 3 is 2.94 bits per heavy atom. The summed E-state index contributed by atoms with van der Waals surface area (Å²) in [6, 6.07) is 1.49. The number of aromatic carboxylic acids is 1. The number of hydrogen-bond acceptors (Lipinski definition) is 4. The molecule has 1 rings (SSSR count). The molecule has 2 N–H and O–H groups in total. The van der Waals surface area contributed by atoms with Crippen LogP contribution in [-0.4, -0.2) is 35.3 Å². The highest BCUT2D eigenvalue weighted by Gasteiger charge is 2.08. The van der Waals surface area contributed by atoms with E-state index >= 15 is 0 Å². The second kappa shape index (κ2) is 7.66. The summed E-state index contributed by atoms with van der Waals surface area (Å²) in [6.07, 6.45) is 5.16. The number of carboxylic acids is 1. The molecular formula is C13H20N2O3. The summed E-state index contributed by atoms with van der Waals surface area (Å²) in [5, 5.41) is 12.1. The first kappa shape index (κ1) is 14.4. The maximum absolute atomic E-state index is 10.9. The molecule has 18 heavy (non-hydrogen) atoms. The van der Waals surface area contributed by atoms with Crippen LogP contribution in [0.1, 0.15) is 37.0 Å². The van der Waals surface area contributed by atoms with Gasteiger partial charge in [0.2, 0.25) is 0 Å². The minimum atomic E-state index is -0.942. The highest BCUT2D eigenvalue weighted by molar-refractivity contribution is 5.93. The van der Waals surface area contributed by atoms with E-state index in [9.17, 15) is 4.79 Å². The molecule has 5 nitrogen and oxygen atoms in total. The second-order valence-corrected chi connectivity index (χ2v) is 4.28. The molecule has 0 aliphatic rings. The Kier molecular flexibility index (Phi) is 6.14. The summed E-state index contributed by atoms with van der Waals surface area (Å²) in [4.78, 5) is 14.9. The van der Waals surface area contributed by atoms with Crippen molar-refractivity contribution in [2.75, 3.05) is 18.5 Å². The molecule has 0 aromatic carbocycles. The average molecular weight is 252 g/mol. The molecule has 0 saturated heterocycles. The van der Waals surface area contributed by atoms with E-state index in [-0.39, 0.29) is 11.7 Å². The number of ether oxygens (including phenoxy) is 1. The Labute approximate surface area is 107 Å². The van der Waals surface area contributed by atoms with Gasteiger partial charge in [-0.25, -0.2) is 4.79 Å². The SMILES string of the molecule is CC(C)OCCCCNc1cnccc1C(=O)O. The van der Waals surface area contributed by atoms with Crippen LogP contribution >= 0.6 is 0 Å². The lowest BCUT2D eigenvalue weighted by molar-refractivity contribution is 0.0697. The Morgan fingerprint density at radius 1 is 1.50 bits per heavy atom. The molecule has 1 aromatic rings. The van der Waals surface area contributed by atoms with Gasteiger partial charge < -0.3 is 15.2 Å². The first-order valence-electron chi connectivity index (χ1n) is 6.14. The maximum Gasteiger partial charge on any atom is 0.337 e. The van der Waals surface area contributed by atoms with Crippen molar-refractivity contribution in [1.29, 1.82) is 0 Å². The Hall–Kier alpha value is -1.62. The molecule has 0 fully saturated rings. The third kappa shape index (κ3) is 5.14. The van der Waals surface area contributed by atoms with E-state index in [1.54, 1.807) is 0 Å². The largest absolute Gasteiger partial charge is 0.478 e. The van der Waals surface area contributed by atoms with Gasteiger partial charge in [0, 0.05) is 19.3 Å². The fraction of sp³-hybridized carbons (Fsp3) is 0.538. The van der Waals surface area contributed by atoms with E-state index in [4.69, 9.17) is 9.84 Å². The number of aromatic nitrogens is 1. The number of nitrogens with zero attached hydrogens (tertiary/aromatic N) is 1. The Balaban J connectivity index is 2.29. The van der Waals surface area contributed by atoms with Crippen LogP contribution < -0.4 is 5.32 Å². The molecule has 1 aromatic heterocycles. The van der Waals surface area contributed by atoms with Gasteiger partial charge >= 0.3 is 5.97 Å². The number of pyridine rings is 1. The standard InChI is InChI=1S/C13H20N2O3/c1-10(2)18-8-4-3-6-15-12-9-14-7-5-11(12)13(16)17/h5,7,9-10,15H,3-4,6,8H2,1-2H3,(H,16,17). The van der Waals surface area contributed by atoms with Gasteiger partial charge in [-0.1, -0.05) is 0 Å². The van der Waals surface area contributed by atoms with Crippen LogP contribution in [0.15, 0.2) is 18.5 Å². The molecule has 100 valence electrons. The molecule has 0 aliphatic carbocycles. The van der Waals surface area contributed by atoms with Crippen molar-refractivity contribution in [2.24, 2.45) is 0 Å². The predicted octanol–water partition coefficient (Wildman–Crippen LogP) is 2.40. The van der Waals surface area contributed by atoms with Gasteiger partial charge in [-0.3, -0.25) is 4.98 Å². The van der Waals surface area contributed by atoms with Gasteiger partial charge in [-0.15, -0.1) is 0 Å². The molecule has 5 heteroatoms. The normalized spacial score (nSPS) is 10.6. The van der Waals surface area contributed by atoms with Gasteiger partial charge in [0.15, 0.2) is 0 Å². The third-order valence-electron chi connectivity index (χ3n) is 2.39. The Morgan fingerprint density at radius 2 is 2.28 bits per heavy atom. The van der Waals surface area contributed by atoms with E-state index in [1.807, 2.05) is 13.8 Å². The molecule has 1 heterocycles. The fourth-order valence-electron chi connectivity index (χ4n) is 1.49. The van der Waals surface area contributed by atoms with Crippen molar-refractivity contribution in [3.05, 3.63) is 24.0 Å². The summed E-state index contributed by atoms with van der Waals surface area (Å²) in [7, 11) is 0. The van der Waals surface area contributed by atoms with Gasteiger partial charge in [-0.2, -0.15) is 0 Å². The molecule has 0 unspecified atom stereocenters. The minimum absolute atomic E-state index is 0.253. The van der Waals surface area contributed by atoms with E-state index in [0.717, 1.165) is 19.4 Å². The number of unbranched alkanes of at least 4 members (excludes halogenated alkanes) is 1. The first-order valence-corrected chi connectivity index (χ1v) is 6.14. The van der Waals surface area contributed by atoms with E-state index in [2.05, 4.69) is 10.3 Å². The first-order chi connectivity index (χ1) is 8.61. The lowest BCUT2D eigenvalue weighted by atomic mass is 10.2. The number of anilines is 1. The van der Waals surface area contributed by atoms with Crippen molar-refractivity contribution in [1.82, 2.24) is 4.98 Å². The Bertz CT molecular complexity index is 380. The minimum Gasteiger partial charge on any atom is -0.478 e. The van der Waals surface area contributed by atoms with Gasteiger partial charge in [0.1, 0.15) is 0 Å². The second-order valence-electron chi connectivity index (χ2n) is 4.28. The van der Waals surface area contributed by atoms with Gasteiger partial charge in [0.25, 0.3) is 0 Å². The highest BCUT2D eigenvalue weighted by Crippen LogP contribution is 2.13. The summed E-state index contributed by atoms with van der Waals surface area (Å²) in [6.45, 7) is 5.46. The maximum atomic E-state index is 10.9. The molecule has 0 saturated carbocycles. The number of nitrogens with one attached hydrogen (secondary N) is 1. The van der Waals surface area contributed by atoms with E-state index < -0.39 is 5.97 Å². The smallest absolute Gasteiger partial charge is 0.337 e. The molecule has 0 radical (unpaired) electrons. The summed E-state index contributed by atoms with van der Waals surface area (Å²) >= 11 is 0. The quantitative estimate of drug-likeness (QED) is 0.695. The van der Waals surface area contributed by atoms with Crippen LogP contribution in [0.4, 0.5) is 5.69 Å². The van der Waals surface area contributed by atoms with Crippen molar-refractivity contribution in [3.8, 4) is 0 Å². The van der Waals surface area contributed by atoms with Crippen molar-refractivity contribution in [2.45, 2.75) is 32.8 Å². The van der Waals surface area contributed by atoms with Crippen LogP contribution in [0.2, 0.25) is 0 Å². The topological polar surface area (TPSA) is 71.5 Å². The monoisotopic (exact) mass is 252 g/mol. The molecule has 0 bridgehead atoms. The van der Waals surface area contributed by atoms with Crippen LogP contribution in [0.3, 0.4) is 0 Å².